The minimum atomic E-state index is -0.107. The van der Waals surface area contributed by atoms with E-state index in [0.29, 0.717) is 0 Å². The molecule has 1 heteroatoms. The Bertz CT molecular complexity index is 3230. The molecule has 62 heavy (non-hydrogen) atoms. The largest absolute Gasteiger partial charge is 0.310 e. The second-order valence-electron chi connectivity index (χ2n) is 17.0. The van der Waals surface area contributed by atoms with E-state index in [2.05, 4.69) is 255 Å². The van der Waals surface area contributed by atoms with Crippen molar-refractivity contribution >= 4 is 27.8 Å². The van der Waals surface area contributed by atoms with Crippen molar-refractivity contribution in [1.29, 1.82) is 0 Å². The fourth-order valence-corrected chi connectivity index (χ4v) is 9.49. The first kappa shape index (κ1) is 37.3. The van der Waals surface area contributed by atoms with Gasteiger partial charge in [0.1, 0.15) is 0 Å². The average Bonchev–Trinajstić information content (AvgIpc) is 3.57. The Morgan fingerprint density at radius 2 is 0.694 bits per heavy atom. The summed E-state index contributed by atoms with van der Waals surface area (Å²) in [7, 11) is 0. The van der Waals surface area contributed by atoms with Gasteiger partial charge in [-0.25, -0.2) is 0 Å². The van der Waals surface area contributed by atoms with Gasteiger partial charge in [0.05, 0.1) is 0 Å². The van der Waals surface area contributed by atoms with Crippen LogP contribution in [0.1, 0.15) is 25.0 Å². The Morgan fingerprint density at radius 1 is 0.258 bits per heavy atom. The summed E-state index contributed by atoms with van der Waals surface area (Å²) in [6.45, 7) is 4.71. The first-order chi connectivity index (χ1) is 30.5. The Balaban J connectivity index is 0.924. The molecule has 1 aliphatic rings. The highest BCUT2D eigenvalue weighted by Crippen LogP contribution is 2.51. The third kappa shape index (κ3) is 6.79. The lowest BCUT2D eigenvalue weighted by Crippen LogP contribution is -2.16. The van der Waals surface area contributed by atoms with E-state index in [-0.39, 0.29) is 5.41 Å². The zero-order chi connectivity index (χ0) is 41.6. The zero-order valence-electron chi connectivity index (χ0n) is 35.0. The predicted molar refractivity (Wildman–Crippen MR) is 263 cm³/mol. The number of nitrogens with zero attached hydrogens (tertiary/aromatic N) is 1. The van der Waals surface area contributed by atoms with Gasteiger partial charge in [0.25, 0.3) is 0 Å². The summed E-state index contributed by atoms with van der Waals surface area (Å²) in [5.74, 6) is 0. The van der Waals surface area contributed by atoms with E-state index >= 15 is 0 Å². The highest BCUT2D eigenvalue weighted by atomic mass is 15.1. The van der Waals surface area contributed by atoms with Gasteiger partial charge >= 0.3 is 0 Å². The van der Waals surface area contributed by atoms with Gasteiger partial charge in [-0.3, -0.25) is 0 Å². The quantitative estimate of drug-likeness (QED) is 0.148. The van der Waals surface area contributed by atoms with Crippen molar-refractivity contribution in [3.05, 3.63) is 248 Å². The minimum Gasteiger partial charge on any atom is -0.310 e. The molecule has 0 aliphatic heterocycles. The summed E-state index contributed by atoms with van der Waals surface area (Å²) in [6.07, 6.45) is 0. The molecule has 1 nitrogen and oxygen atoms in total. The smallest absolute Gasteiger partial charge is 0.0467 e. The molecule has 0 unspecified atom stereocenters. The van der Waals surface area contributed by atoms with Crippen LogP contribution in [0, 0.1) is 0 Å². The summed E-state index contributed by atoms with van der Waals surface area (Å²) in [5.41, 5.74) is 20.7. The van der Waals surface area contributed by atoms with Crippen molar-refractivity contribution in [2.75, 3.05) is 4.90 Å². The Morgan fingerprint density at radius 3 is 1.39 bits per heavy atom. The highest BCUT2D eigenvalue weighted by Gasteiger charge is 2.35. The topological polar surface area (TPSA) is 3.24 Å². The van der Waals surface area contributed by atoms with Gasteiger partial charge in [-0.15, -0.1) is 0 Å². The summed E-state index contributed by atoms with van der Waals surface area (Å²) >= 11 is 0. The zero-order valence-corrected chi connectivity index (χ0v) is 35.0. The standard InChI is InChI=1S/C61H45N/c1-61(2)59-21-9-8-20-57(59)58-37-36-56(41-60(58)61)62(55-19-11-18-52(40-55)48-28-22-44(23-29-48)42-12-4-3-5-13-42)54-34-32-46(33-35-54)45-24-26-47(27-25-45)50-16-10-17-51(38-50)53-31-30-43-14-6-7-15-49(43)39-53/h3-41H,1-2H3. The lowest BCUT2D eigenvalue weighted by atomic mass is 9.82. The van der Waals surface area contributed by atoms with Gasteiger partial charge < -0.3 is 4.90 Å². The van der Waals surface area contributed by atoms with Gasteiger partial charge in [-0.05, 0) is 137 Å². The maximum atomic E-state index is 2.41. The first-order valence-corrected chi connectivity index (χ1v) is 21.6. The lowest BCUT2D eigenvalue weighted by Gasteiger charge is -2.28. The number of hydrogen-bond donors (Lipinski definition) is 0. The van der Waals surface area contributed by atoms with E-state index in [1.807, 2.05) is 0 Å². The lowest BCUT2D eigenvalue weighted by molar-refractivity contribution is 0.660. The maximum absolute atomic E-state index is 2.41. The SMILES string of the molecule is CC1(C)c2ccccc2-c2ccc(N(c3ccc(-c4ccc(-c5cccc(-c6ccc7ccccc7c6)c5)cc4)cc3)c3cccc(-c4ccc(-c5ccccc5)cc4)c3)cc21. The second kappa shape index (κ2) is 15.4. The number of benzene rings is 10. The molecule has 0 fully saturated rings. The van der Waals surface area contributed by atoms with Crippen molar-refractivity contribution in [3.63, 3.8) is 0 Å². The highest BCUT2D eigenvalue weighted by molar-refractivity contribution is 5.89. The molecule has 294 valence electrons. The normalized spacial score (nSPS) is 12.5. The van der Waals surface area contributed by atoms with E-state index in [4.69, 9.17) is 0 Å². The van der Waals surface area contributed by atoms with Crippen LogP contribution in [-0.4, -0.2) is 0 Å². The Hall–Kier alpha value is -7.74. The van der Waals surface area contributed by atoms with Crippen LogP contribution in [0.25, 0.3) is 77.5 Å². The van der Waals surface area contributed by atoms with E-state index < -0.39 is 0 Å². The van der Waals surface area contributed by atoms with Gasteiger partial charge in [-0.2, -0.15) is 0 Å². The fourth-order valence-electron chi connectivity index (χ4n) is 9.49. The molecule has 0 saturated carbocycles. The Kier molecular flexibility index (Phi) is 9.24. The molecule has 0 N–H and O–H groups in total. The molecule has 11 rings (SSSR count). The molecule has 0 amide bonds. The molecule has 0 radical (unpaired) electrons. The van der Waals surface area contributed by atoms with Gasteiger partial charge in [0.2, 0.25) is 0 Å². The third-order valence-corrected chi connectivity index (χ3v) is 12.9. The van der Waals surface area contributed by atoms with Crippen molar-refractivity contribution in [2.45, 2.75) is 19.3 Å². The summed E-state index contributed by atoms with van der Waals surface area (Å²) in [6, 6.07) is 86.6. The van der Waals surface area contributed by atoms with E-state index in [1.54, 1.807) is 0 Å². The molecule has 0 aromatic heterocycles. The Labute approximate surface area is 364 Å². The van der Waals surface area contributed by atoms with Gasteiger partial charge in [0, 0.05) is 22.5 Å². The fraction of sp³-hybridized carbons (Fsp3) is 0.0492. The van der Waals surface area contributed by atoms with E-state index in [0.717, 1.165) is 17.1 Å². The predicted octanol–water partition coefficient (Wildman–Crippen LogP) is 17.0. The molecular formula is C61H45N. The van der Waals surface area contributed by atoms with Crippen molar-refractivity contribution < 1.29 is 0 Å². The molecule has 10 aromatic carbocycles. The summed E-state index contributed by atoms with van der Waals surface area (Å²) in [5, 5.41) is 2.52. The molecular weight excluding hydrogens is 747 g/mol. The monoisotopic (exact) mass is 791 g/mol. The second-order valence-corrected chi connectivity index (χ2v) is 17.0. The molecule has 1 aliphatic carbocycles. The third-order valence-electron chi connectivity index (χ3n) is 12.9. The number of hydrogen-bond acceptors (Lipinski definition) is 1. The van der Waals surface area contributed by atoms with Crippen molar-refractivity contribution in [3.8, 4) is 66.8 Å². The molecule has 0 saturated heterocycles. The number of rotatable bonds is 8. The summed E-state index contributed by atoms with van der Waals surface area (Å²) in [4.78, 5) is 2.41. The molecule has 10 aromatic rings. The number of anilines is 3. The first-order valence-electron chi connectivity index (χ1n) is 21.6. The number of fused-ring (bicyclic) bond motifs is 4. The van der Waals surface area contributed by atoms with Crippen LogP contribution in [0.15, 0.2) is 237 Å². The van der Waals surface area contributed by atoms with Crippen molar-refractivity contribution in [2.24, 2.45) is 0 Å². The average molecular weight is 792 g/mol. The molecule has 0 heterocycles. The van der Waals surface area contributed by atoms with Crippen LogP contribution in [0.3, 0.4) is 0 Å². The van der Waals surface area contributed by atoms with E-state index in [9.17, 15) is 0 Å². The van der Waals surface area contributed by atoms with Crippen LogP contribution >= 0.6 is 0 Å². The molecule has 0 atom stereocenters. The van der Waals surface area contributed by atoms with Crippen LogP contribution in [-0.2, 0) is 5.41 Å². The van der Waals surface area contributed by atoms with Crippen LogP contribution in [0.4, 0.5) is 17.1 Å². The van der Waals surface area contributed by atoms with Crippen LogP contribution < -0.4 is 4.90 Å². The van der Waals surface area contributed by atoms with Crippen LogP contribution in [0.2, 0.25) is 0 Å². The molecule has 0 spiro atoms. The van der Waals surface area contributed by atoms with Gasteiger partial charge in [-0.1, -0.05) is 202 Å². The molecule has 0 bridgehead atoms. The van der Waals surface area contributed by atoms with Gasteiger partial charge in [0.15, 0.2) is 0 Å². The summed E-state index contributed by atoms with van der Waals surface area (Å²) < 4.78 is 0. The minimum absolute atomic E-state index is 0.107. The van der Waals surface area contributed by atoms with E-state index in [1.165, 1.54) is 88.7 Å². The van der Waals surface area contributed by atoms with Crippen molar-refractivity contribution in [1.82, 2.24) is 0 Å². The van der Waals surface area contributed by atoms with Crippen LogP contribution in [0.5, 0.6) is 0 Å². The maximum Gasteiger partial charge on any atom is 0.0467 e.